The predicted octanol–water partition coefficient (Wildman–Crippen LogP) is 4.33. The summed E-state index contributed by atoms with van der Waals surface area (Å²) in [5.74, 6) is -0.283. The minimum Gasteiger partial charge on any atom is -0.466 e. The fourth-order valence-corrected chi connectivity index (χ4v) is 6.76. The molecule has 0 N–H and O–H groups in total. The van der Waals surface area contributed by atoms with Crippen LogP contribution in [-0.2, 0) is 14.9 Å². The van der Waals surface area contributed by atoms with Crippen molar-refractivity contribution < 1.29 is 9.53 Å². The van der Waals surface area contributed by atoms with Crippen molar-refractivity contribution in [1.82, 2.24) is 4.90 Å². The number of rotatable bonds is 2. The topological polar surface area (TPSA) is 32.8 Å². The van der Waals surface area contributed by atoms with Crippen LogP contribution in [0.25, 0.3) is 0 Å². The van der Waals surface area contributed by atoms with Crippen LogP contribution in [0, 0.1) is 5.41 Å². The van der Waals surface area contributed by atoms with Gasteiger partial charge in [0.15, 0.2) is 0 Å². The lowest BCUT2D eigenvalue weighted by atomic mass is 9.55. The molecule has 0 bridgehead atoms. The Hall–Kier alpha value is -1.49. The van der Waals surface area contributed by atoms with E-state index in [1.165, 1.54) is 12.7 Å². The lowest BCUT2D eigenvalue weighted by Gasteiger charge is -2.54. The van der Waals surface area contributed by atoms with Gasteiger partial charge in [0.2, 0.25) is 0 Å². The third kappa shape index (κ3) is 1.96. The average molecular weight is 405 g/mol. The second-order valence-corrected chi connectivity index (χ2v) is 8.76. The lowest BCUT2D eigenvalue weighted by molar-refractivity contribution is -0.137. The van der Waals surface area contributed by atoms with E-state index in [1.54, 1.807) is 4.42 Å². The number of halogens is 2. The molecule has 0 saturated carbocycles. The molecule has 1 aromatic rings. The summed E-state index contributed by atoms with van der Waals surface area (Å²) in [6.07, 6.45) is 6.76. The molecule has 3 aliphatic heterocycles. The van der Waals surface area contributed by atoms with E-state index in [-0.39, 0.29) is 28.3 Å². The number of carbonyl (C=O) groups excluding carboxylic acids is 1. The van der Waals surface area contributed by atoms with Gasteiger partial charge in [0.1, 0.15) is 5.50 Å². The van der Waals surface area contributed by atoms with Gasteiger partial charge in [-0.15, -0.1) is 11.6 Å². The molecule has 4 aliphatic rings. The fourth-order valence-electron chi connectivity index (χ4n) is 6.07. The molecule has 0 amide bonds. The van der Waals surface area contributed by atoms with Gasteiger partial charge in [-0.1, -0.05) is 37.3 Å². The summed E-state index contributed by atoms with van der Waals surface area (Å²) in [6, 6.07) is 8.41. The van der Waals surface area contributed by atoms with Crippen molar-refractivity contribution in [1.29, 1.82) is 0 Å². The van der Waals surface area contributed by atoms with Crippen LogP contribution in [0.2, 0.25) is 0 Å². The van der Waals surface area contributed by atoms with E-state index in [0.29, 0.717) is 12.0 Å². The largest absolute Gasteiger partial charge is 0.466 e. The van der Waals surface area contributed by atoms with Crippen LogP contribution >= 0.6 is 23.4 Å². The molecule has 0 radical (unpaired) electrons. The molecule has 1 aliphatic carbocycles. The number of benzene rings is 1. The summed E-state index contributed by atoms with van der Waals surface area (Å²) in [6.45, 7) is 3.07. The standard InChI is InChI=1S/C21H22Cl2N2O2/c1-3-20-9-8-16(22)24-11-10-21(19(20)24)14-6-4-5-7-15(14)25(23)17(21)13(12-20)18(26)27-2/h4-9,16,19H,3,10-12H2,1-2H3/t16-,19-,20-,21-/m0/s1. The third-order valence-electron chi connectivity index (χ3n) is 7.11. The molecular weight excluding hydrogens is 383 g/mol. The van der Waals surface area contributed by atoms with Gasteiger partial charge >= 0.3 is 5.97 Å². The number of esters is 1. The Balaban J connectivity index is 1.87. The first-order chi connectivity index (χ1) is 13.0. The summed E-state index contributed by atoms with van der Waals surface area (Å²) < 4.78 is 6.89. The summed E-state index contributed by atoms with van der Waals surface area (Å²) in [5.41, 5.74) is 3.12. The number of hydrogen-bond acceptors (Lipinski definition) is 4. The van der Waals surface area contributed by atoms with Crippen molar-refractivity contribution in [2.45, 2.75) is 43.1 Å². The van der Waals surface area contributed by atoms with Crippen LogP contribution in [0.15, 0.2) is 47.7 Å². The summed E-state index contributed by atoms with van der Waals surface area (Å²) >= 11 is 13.6. The Kier molecular flexibility index (Phi) is 3.75. The third-order valence-corrected chi connectivity index (χ3v) is 7.86. The molecule has 4 atom stereocenters. The highest BCUT2D eigenvalue weighted by molar-refractivity contribution is 6.29. The Bertz CT molecular complexity index is 898. The zero-order chi connectivity index (χ0) is 19.0. The van der Waals surface area contributed by atoms with E-state index in [1.807, 2.05) is 12.1 Å². The maximum atomic E-state index is 12.8. The number of nitrogens with zero attached hydrogens (tertiary/aromatic N) is 2. The smallest absolute Gasteiger partial charge is 0.335 e. The summed E-state index contributed by atoms with van der Waals surface area (Å²) in [4.78, 5) is 15.2. The van der Waals surface area contributed by atoms with Crippen molar-refractivity contribution >= 4 is 35.0 Å². The second kappa shape index (κ2) is 5.76. The summed E-state index contributed by atoms with van der Waals surface area (Å²) in [7, 11) is 1.44. The minimum atomic E-state index is -0.339. The van der Waals surface area contributed by atoms with E-state index in [0.717, 1.165) is 30.8 Å². The normalized spacial score (nSPS) is 36.5. The van der Waals surface area contributed by atoms with Gasteiger partial charge in [0.25, 0.3) is 0 Å². The van der Waals surface area contributed by atoms with Gasteiger partial charge in [-0.3, -0.25) is 9.32 Å². The number of carbonyl (C=O) groups is 1. The van der Waals surface area contributed by atoms with Crippen LogP contribution in [0.1, 0.15) is 31.7 Å². The van der Waals surface area contributed by atoms with Crippen molar-refractivity contribution in [2.75, 3.05) is 18.1 Å². The van der Waals surface area contributed by atoms with Crippen molar-refractivity contribution in [3.05, 3.63) is 53.3 Å². The zero-order valence-electron chi connectivity index (χ0n) is 15.4. The molecule has 1 saturated heterocycles. The van der Waals surface area contributed by atoms with E-state index in [2.05, 4.69) is 36.1 Å². The minimum absolute atomic E-state index is 0.133. The Morgan fingerprint density at radius 1 is 1.37 bits per heavy atom. The van der Waals surface area contributed by atoms with E-state index >= 15 is 0 Å². The van der Waals surface area contributed by atoms with Gasteiger partial charge in [-0.25, -0.2) is 4.79 Å². The van der Waals surface area contributed by atoms with Crippen LogP contribution < -0.4 is 4.42 Å². The van der Waals surface area contributed by atoms with Gasteiger partial charge in [0, 0.05) is 29.8 Å². The Labute approximate surface area is 169 Å². The Morgan fingerprint density at radius 3 is 2.89 bits per heavy atom. The summed E-state index contributed by atoms with van der Waals surface area (Å²) in [5, 5.41) is 0. The molecular formula is C21H22Cl2N2O2. The van der Waals surface area contributed by atoms with E-state index in [9.17, 15) is 4.79 Å². The fraction of sp³-hybridized carbons (Fsp3) is 0.476. The van der Waals surface area contributed by atoms with Crippen LogP contribution in [-0.4, -0.2) is 36.1 Å². The van der Waals surface area contributed by atoms with Gasteiger partial charge in [0.05, 0.1) is 29.5 Å². The molecule has 4 nitrogen and oxygen atoms in total. The maximum absolute atomic E-state index is 12.8. The molecule has 142 valence electrons. The monoisotopic (exact) mass is 404 g/mol. The quantitative estimate of drug-likeness (QED) is 0.241. The van der Waals surface area contributed by atoms with Gasteiger partial charge in [-0.2, -0.15) is 0 Å². The van der Waals surface area contributed by atoms with Crippen LogP contribution in [0.5, 0.6) is 0 Å². The van der Waals surface area contributed by atoms with Crippen molar-refractivity contribution in [3.8, 4) is 0 Å². The predicted molar refractivity (Wildman–Crippen MR) is 107 cm³/mol. The molecule has 0 unspecified atom stereocenters. The molecule has 3 heterocycles. The number of ether oxygens (including phenoxy) is 1. The lowest BCUT2D eigenvalue weighted by Crippen LogP contribution is -2.60. The molecule has 1 fully saturated rings. The highest BCUT2D eigenvalue weighted by atomic mass is 35.5. The van der Waals surface area contributed by atoms with Gasteiger partial charge in [-0.05, 0) is 30.9 Å². The van der Waals surface area contributed by atoms with Crippen molar-refractivity contribution in [2.24, 2.45) is 5.41 Å². The highest BCUT2D eigenvalue weighted by Gasteiger charge is 2.67. The SMILES string of the molecule is CC[C@]12C=C[C@@H](Cl)N3CC[C@]4(C(=C(C(=O)OC)C1)N(Cl)c1ccccc14)[C@@H]32. The molecule has 6 heteroatoms. The number of methoxy groups -OCH3 is 1. The number of hydrogen-bond donors (Lipinski definition) is 0. The van der Waals surface area contributed by atoms with E-state index in [4.69, 9.17) is 28.1 Å². The first kappa shape index (κ1) is 17.6. The van der Waals surface area contributed by atoms with Crippen LogP contribution in [0.3, 0.4) is 0 Å². The Morgan fingerprint density at radius 2 is 2.15 bits per heavy atom. The van der Waals surface area contributed by atoms with Crippen LogP contribution in [0.4, 0.5) is 5.69 Å². The zero-order valence-corrected chi connectivity index (χ0v) is 16.9. The maximum Gasteiger partial charge on any atom is 0.335 e. The number of para-hydroxylation sites is 1. The van der Waals surface area contributed by atoms with E-state index < -0.39 is 0 Å². The first-order valence-electron chi connectivity index (χ1n) is 9.46. The average Bonchev–Trinajstić information content (AvgIpc) is 3.22. The molecule has 1 aromatic carbocycles. The number of alkyl halides is 1. The number of anilines is 1. The highest BCUT2D eigenvalue weighted by Crippen LogP contribution is 2.66. The van der Waals surface area contributed by atoms with Crippen molar-refractivity contribution in [3.63, 3.8) is 0 Å². The first-order valence-corrected chi connectivity index (χ1v) is 10.2. The molecule has 27 heavy (non-hydrogen) atoms. The molecule has 1 spiro atoms. The van der Waals surface area contributed by atoms with Gasteiger partial charge < -0.3 is 4.74 Å². The molecule has 5 rings (SSSR count). The number of fused-ring (bicyclic) bond motifs is 1. The second-order valence-electron chi connectivity index (χ2n) is 7.97. The molecule has 0 aromatic heterocycles.